The number of nitrogens with one attached hydrogen (secondary N) is 3. The van der Waals surface area contributed by atoms with Crippen molar-refractivity contribution in [2.45, 2.75) is 136 Å². The minimum Gasteiger partial charge on any atom is -0.376 e. The maximum Gasteiger partial charge on any atom is 0.216 e. The Kier molecular flexibility index (Phi) is 10.3. The van der Waals surface area contributed by atoms with Crippen LogP contribution in [0.3, 0.4) is 0 Å². The van der Waals surface area contributed by atoms with Crippen LogP contribution in [0.1, 0.15) is 109 Å². The first-order chi connectivity index (χ1) is 20.2. The highest BCUT2D eigenvalue weighted by Gasteiger charge is 2.41. The number of rotatable bonds is 4. The van der Waals surface area contributed by atoms with Gasteiger partial charge in [0.2, 0.25) is 10.0 Å². The molecule has 3 aliphatic heterocycles. The Labute approximate surface area is 261 Å². The van der Waals surface area contributed by atoms with Crippen LogP contribution in [0, 0.1) is 30.6 Å². The predicted molar refractivity (Wildman–Crippen MR) is 173 cm³/mol. The minimum absolute atomic E-state index is 0.0296. The van der Waals surface area contributed by atoms with Crippen molar-refractivity contribution >= 4 is 10.0 Å². The van der Waals surface area contributed by atoms with E-state index in [4.69, 9.17) is 9.47 Å². The van der Waals surface area contributed by atoms with E-state index in [1.807, 2.05) is 0 Å². The van der Waals surface area contributed by atoms with E-state index in [9.17, 15) is 8.42 Å². The van der Waals surface area contributed by atoms with E-state index in [0.29, 0.717) is 25.4 Å². The van der Waals surface area contributed by atoms with Crippen molar-refractivity contribution in [1.82, 2.24) is 20.3 Å². The van der Waals surface area contributed by atoms with Gasteiger partial charge in [-0.3, -0.25) is 15.5 Å². The Morgan fingerprint density at radius 1 is 1.02 bits per heavy atom. The van der Waals surface area contributed by atoms with Gasteiger partial charge in [-0.05, 0) is 85.8 Å². The van der Waals surface area contributed by atoms with Gasteiger partial charge in [-0.1, -0.05) is 59.2 Å². The van der Waals surface area contributed by atoms with Crippen LogP contribution >= 0.6 is 0 Å². The van der Waals surface area contributed by atoms with Gasteiger partial charge in [-0.25, -0.2) is 8.42 Å². The van der Waals surface area contributed by atoms with Crippen LogP contribution in [-0.4, -0.2) is 69.5 Å². The molecule has 9 heteroatoms. The highest BCUT2D eigenvalue weighted by atomic mass is 32.2. The Balaban J connectivity index is 1.49. The molecule has 4 fully saturated rings. The predicted octanol–water partition coefficient (Wildman–Crippen LogP) is 5.36. The smallest absolute Gasteiger partial charge is 0.216 e. The average molecular weight is 619 g/mol. The molecular weight excluding hydrogens is 560 g/mol. The summed E-state index contributed by atoms with van der Waals surface area (Å²) in [5, 5.41) is 6.69. The lowest BCUT2D eigenvalue weighted by molar-refractivity contribution is -0.102. The van der Waals surface area contributed by atoms with Crippen molar-refractivity contribution in [3.8, 4) is 0 Å². The third-order valence-corrected chi connectivity index (χ3v) is 12.3. The number of nitrogens with zero attached hydrogens (tertiary/aromatic N) is 1. The Bertz CT molecular complexity index is 1180. The van der Waals surface area contributed by atoms with Gasteiger partial charge in [-0.2, -0.15) is 4.72 Å². The van der Waals surface area contributed by atoms with E-state index in [0.717, 1.165) is 51.8 Å². The maximum absolute atomic E-state index is 13.9. The molecule has 0 spiro atoms. The van der Waals surface area contributed by atoms with Crippen LogP contribution in [-0.2, 0) is 19.5 Å². The summed E-state index contributed by atoms with van der Waals surface area (Å²) >= 11 is 0. The van der Waals surface area contributed by atoms with Crippen LogP contribution < -0.4 is 15.4 Å². The Morgan fingerprint density at radius 2 is 1.77 bits per heavy atom. The van der Waals surface area contributed by atoms with E-state index < -0.39 is 16.3 Å². The summed E-state index contributed by atoms with van der Waals surface area (Å²) in [6.45, 7) is 19.1. The number of aryl methyl sites for hydroxylation is 2. The second-order valence-corrected chi connectivity index (χ2v) is 17.8. The van der Waals surface area contributed by atoms with E-state index in [2.05, 4.69) is 86.9 Å². The molecule has 6 unspecified atom stereocenters. The summed E-state index contributed by atoms with van der Waals surface area (Å²) in [5.41, 5.74) is 3.87. The molecule has 1 aromatic rings. The van der Waals surface area contributed by atoms with Crippen molar-refractivity contribution < 1.29 is 17.9 Å². The molecule has 4 bridgehead atoms. The molecule has 8 nitrogen and oxygen atoms in total. The van der Waals surface area contributed by atoms with Crippen molar-refractivity contribution in [1.29, 1.82) is 0 Å². The zero-order chi connectivity index (χ0) is 31.0. The second-order valence-electron chi connectivity index (χ2n) is 15.8. The van der Waals surface area contributed by atoms with Crippen LogP contribution in [0.15, 0.2) is 18.2 Å². The van der Waals surface area contributed by atoms with Gasteiger partial charge in [0.25, 0.3) is 0 Å². The topological polar surface area (TPSA) is 91.9 Å². The van der Waals surface area contributed by atoms with Gasteiger partial charge in [-0.15, -0.1) is 0 Å². The standard InChI is InChI=1S/C34H58N4O4S/c1-23-11-8-12-24(2)31(23)28-18-30-36-32(35-28)37-43(39,40)27-14-9-13-25(17-27)20-38(26(22-42-30)19-33(3,4)5)21-29-34(6,7)15-10-16-41-29/h8,11-12,25-30,32,35-37H,9-10,13-22H2,1-7H3/t25?,26-,27?,28?,29?,30?,32?/m1/s1. The van der Waals surface area contributed by atoms with Gasteiger partial charge >= 0.3 is 0 Å². The van der Waals surface area contributed by atoms with E-state index in [1.54, 1.807) is 0 Å². The summed E-state index contributed by atoms with van der Waals surface area (Å²) < 4.78 is 44.0. The van der Waals surface area contributed by atoms with Crippen LogP contribution in [0.25, 0.3) is 0 Å². The molecule has 1 aliphatic carbocycles. The highest BCUT2D eigenvalue weighted by Crippen LogP contribution is 2.37. The first kappa shape index (κ1) is 33.3. The Morgan fingerprint density at radius 3 is 2.47 bits per heavy atom. The molecule has 3 heterocycles. The van der Waals surface area contributed by atoms with Crippen molar-refractivity contribution in [3.63, 3.8) is 0 Å². The zero-order valence-corrected chi connectivity index (χ0v) is 28.6. The quantitative estimate of drug-likeness (QED) is 0.419. The number of benzene rings is 1. The van der Waals surface area contributed by atoms with Crippen LogP contribution in [0.2, 0.25) is 0 Å². The maximum atomic E-state index is 13.9. The third kappa shape index (κ3) is 8.40. The molecule has 1 saturated carbocycles. The van der Waals surface area contributed by atoms with Gasteiger partial charge in [0, 0.05) is 38.2 Å². The molecule has 0 radical (unpaired) electrons. The zero-order valence-electron chi connectivity index (χ0n) is 27.7. The first-order valence-corrected chi connectivity index (χ1v) is 18.3. The lowest BCUT2D eigenvalue weighted by Gasteiger charge is -2.45. The van der Waals surface area contributed by atoms with Crippen molar-refractivity contribution in [2.24, 2.45) is 16.7 Å². The van der Waals surface area contributed by atoms with E-state index in [1.165, 1.54) is 23.1 Å². The normalized spacial score (nSPS) is 35.7. The lowest BCUT2D eigenvalue weighted by Crippen LogP contribution is -2.64. The molecule has 5 rings (SSSR count). The third-order valence-electron chi connectivity index (χ3n) is 10.4. The van der Waals surface area contributed by atoms with E-state index >= 15 is 0 Å². The van der Waals surface area contributed by atoms with E-state index in [-0.39, 0.29) is 40.5 Å². The van der Waals surface area contributed by atoms with Gasteiger partial charge in [0.1, 0.15) is 12.5 Å². The number of hydrogen-bond acceptors (Lipinski definition) is 7. The summed E-state index contributed by atoms with van der Waals surface area (Å²) in [4.78, 5) is 2.63. The molecular formula is C34H58N4O4S. The summed E-state index contributed by atoms with van der Waals surface area (Å²) in [6.07, 6.45) is 6.68. The summed E-state index contributed by atoms with van der Waals surface area (Å²) in [5.74, 6) is 0.327. The molecule has 1 aromatic carbocycles. The summed E-state index contributed by atoms with van der Waals surface area (Å²) in [6, 6.07) is 6.54. The fourth-order valence-electron chi connectivity index (χ4n) is 8.08. The number of fused-ring (bicyclic) bond motifs is 4. The number of sulfonamides is 1. The van der Waals surface area contributed by atoms with Crippen molar-refractivity contribution in [2.75, 3.05) is 26.3 Å². The number of ether oxygens (including phenoxy) is 2. The van der Waals surface area contributed by atoms with Crippen LogP contribution in [0.5, 0.6) is 0 Å². The molecule has 0 aromatic heterocycles. The Hall–Kier alpha value is -1.07. The fraction of sp³-hybridized carbons (Fsp3) is 0.824. The molecule has 0 amide bonds. The largest absolute Gasteiger partial charge is 0.376 e. The second kappa shape index (κ2) is 13.3. The monoisotopic (exact) mass is 618 g/mol. The van der Waals surface area contributed by atoms with Gasteiger partial charge < -0.3 is 9.47 Å². The molecule has 7 atom stereocenters. The van der Waals surface area contributed by atoms with Crippen LogP contribution in [0.4, 0.5) is 0 Å². The minimum atomic E-state index is -3.55. The molecule has 4 aliphatic rings. The SMILES string of the molecule is Cc1cccc(C)c1C1CC2NC(N1)NS(=O)(=O)C1CCCC(C1)CN(CC1OCCCC1(C)C)[C@H](CC(C)(C)C)CO2. The van der Waals surface area contributed by atoms with Gasteiger partial charge in [0.15, 0.2) is 0 Å². The number of hydrogen-bond donors (Lipinski definition) is 3. The van der Waals surface area contributed by atoms with Crippen molar-refractivity contribution in [3.05, 3.63) is 34.9 Å². The lowest BCUT2D eigenvalue weighted by atomic mass is 9.79. The fourth-order valence-corrected chi connectivity index (χ4v) is 9.74. The highest BCUT2D eigenvalue weighted by molar-refractivity contribution is 7.90. The molecule has 3 saturated heterocycles. The molecule has 43 heavy (non-hydrogen) atoms. The molecule has 244 valence electrons. The average Bonchev–Trinajstić information content (AvgIpc) is 2.90. The molecule has 3 N–H and O–H groups in total. The first-order valence-electron chi connectivity index (χ1n) is 16.8. The summed E-state index contributed by atoms with van der Waals surface area (Å²) in [7, 11) is -3.55. The van der Waals surface area contributed by atoms with Gasteiger partial charge in [0.05, 0.1) is 18.0 Å².